The lowest BCUT2D eigenvalue weighted by Gasteiger charge is -2.01. The molecule has 0 heterocycles. The van der Waals surface area contributed by atoms with Crippen LogP contribution in [0.4, 0.5) is 0 Å². The molecule has 1 heteroatoms. The van der Waals surface area contributed by atoms with Gasteiger partial charge in [-0.3, -0.25) is 4.79 Å². The smallest absolute Gasteiger partial charge is 0.133 e. The number of Topliss-reactive ketones (excluding diaryl/α,β-unsaturated/α-hetero) is 1. The number of hydrogen-bond acceptors (Lipinski definition) is 1. The van der Waals surface area contributed by atoms with Crippen LogP contribution in [0.2, 0.25) is 0 Å². The van der Waals surface area contributed by atoms with Gasteiger partial charge in [-0.1, -0.05) is 27.2 Å². The predicted molar refractivity (Wildman–Crippen MR) is 43.7 cm³/mol. The highest BCUT2D eigenvalue weighted by Crippen LogP contribution is 2.04. The van der Waals surface area contributed by atoms with Gasteiger partial charge < -0.3 is 0 Å². The van der Waals surface area contributed by atoms with Gasteiger partial charge in [-0.2, -0.15) is 0 Å². The zero-order valence-electron chi connectivity index (χ0n) is 7.02. The minimum atomic E-state index is 0.282. The molecule has 1 radical (unpaired) electrons. The molecule has 0 saturated heterocycles. The zero-order chi connectivity index (χ0) is 7.98. The normalized spacial score (nSPS) is 10.4. The minimum Gasteiger partial charge on any atom is -0.300 e. The van der Waals surface area contributed by atoms with Gasteiger partial charge in [0.1, 0.15) is 5.78 Å². The van der Waals surface area contributed by atoms with Crippen LogP contribution in [0.25, 0.3) is 0 Å². The molecule has 0 aliphatic rings. The molecule has 0 aromatic carbocycles. The van der Waals surface area contributed by atoms with E-state index in [4.69, 9.17) is 0 Å². The first-order valence-corrected chi connectivity index (χ1v) is 4.01. The molecule has 0 N–H and O–H groups in total. The Kier molecular flexibility index (Phi) is 5.27. The average molecular weight is 141 g/mol. The van der Waals surface area contributed by atoms with Crippen molar-refractivity contribution in [2.24, 2.45) is 5.92 Å². The molecular formula is C9H17O. The number of hydrogen-bond donors (Lipinski definition) is 0. The maximum absolute atomic E-state index is 11.0. The lowest BCUT2D eigenvalue weighted by atomic mass is 10.0. The van der Waals surface area contributed by atoms with Crippen LogP contribution in [-0.2, 0) is 4.79 Å². The largest absolute Gasteiger partial charge is 0.300 e. The molecule has 0 aliphatic carbocycles. The Labute approximate surface area is 63.8 Å². The summed E-state index contributed by atoms with van der Waals surface area (Å²) in [5, 5.41) is 0. The molecule has 0 bridgehead atoms. The van der Waals surface area contributed by atoms with Gasteiger partial charge in [-0.15, -0.1) is 0 Å². The molecule has 59 valence electrons. The SMILES string of the molecule is [CH2]C(C)CC(=O)CCCC. The number of carbonyl (C=O) groups excluding carboxylic acids is 1. The molecule has 1 atom stereocenters. The van der Waals surface area contributed by atoms with Crippen molar-refractivity contribution in [3.05, 3.63) is 6.92 Å². The molecule has 10 heavy (non-hydrogen) atoms. The first-order valence-electron chi connectivity index (χ1n) is 4.01. The fourth-order valence-electron chi connectivity index (χ4n) is 0.865. The van der Waals surface area contributed by atoms with Crippen molar-refractivity contribution in [2.75, 3.05) is 0 Å². The number of unbranched alkanes of at least 4 members (excludes halogenated alkanes) is 1. The summed E-state index contributed by atoms with van der Waals surface area (Å²) in [6, 6.07) is 0. The molecule has 1 unspecified atom stereocenters. The summed E-state index contributed by atoms with van der Waals surface area (Å²) in [5.74, 6) is 0.647. The molecule has 0 saturated carbocycles. The fourth-order valence-corrected chi connectivity index (χ4v) is 0.865. The van der Waals surface area contributed by atoms with Gasteiger partial charge in [0.15, 0.2) is 0 Å². The van der Waals surface area contributed by atoms with E-state index in [-0.39, 0.29) is 5.92 Å². The number of ketones is 1. The topological polar surface area (TPSA) is 17.1 Å². The van der Waals surface area contributed by atoms with E-state index in [1.54, 1.807) is 0 Å². The molecule has 0 spiro atoms. The van der Waals surface area contributed by atoms with Crippen molar-refractivity contribution >= 4 is 5.78 Å². The first-order chi connectivity index (χ1) is 4.66. The molecule has 0 aliphatic heterocycles. The number of carbonyl (C=O) groups is 1. The van der Waals surface area contributed by atoms with Gasteiger partial charge in [0.05, 0.1) is 0 Å². The number of rotatable bonds is 5. The summed E-state index contributed by atoms with van der Waals surface area (Å²) in [4.78, 5) is 11.0. The average Bonchev–Trinajstić information content (AvgIpc) is 1.82. The summed E-state index contributed by atoms with van der Waals surface area (Å²) in [7, 11) is 0. The van der Waals surface area contributed by atoms with Gasteiger partial charge in [-0.25, -0.2) is 0 Å². The summed E-state index contributed by atoms with van der Waals surface area (Å²) < 4.78 is 0. The van der Waals surface area contributed by atoms with E-state index in [0.717, 1.165) is 19.3 Å². The van der Waals surface area contributed by atoms with Crippen LogP contribution in [0.3, 0.4) is 0 Å². The molecule has 0 aromatic rings. The predicted octanol–water partition coefficient (Wildman–Crippen LogP) is 2.61. The molecule has 0 rings (SSSR count). The quantitative estimate of drug-likeness (QED) is 0.575. The lowest BCUT2D eigenvalue weighted by molar-refractivity contribution is -0.119. The Hall–Kier alpha value is -0.330. The Bertz CT molecular complexity index is 94.9. The highest BCUT2D eigenvalue weighted by Gasteiger charge is 2.02. The van der Waals surface area contributed by atoms with Gasteiger partial charge >= 0.3 is 0 Å². The lowest BCUT2D eigenvalue weighted by Crippen LogP contribution is -2.01. The second kappa shape index (κ2) is 5.45. The van der Waals surface area contributed by atoms with Gasteiger partial charge in [-0.05, 0) is 12.3 Å². The molecule has 0 amide bonds. The van der Waals surface area contributed by atoms with Crippen LogP contribution in [-0.4, -0.2) is 5.78 Å². The van der Waals surface area contributed by atoms with E-state index in [1.165, 1.54) is 0 Å². The molecule has 0 fully saturated rings. The second-order valence-electron chi connectivity index (χ2n) is 2.95. The van der Waals surface area contributed by atoms with Gasteiger partial charge in [0.25, 0.3) is 0 Å². The maximum Gasteiger partial charge on any atom is 0.133 e. The first kappa shape index (κ1) is 9.67. The van der Waals surface area contributed by atoms with Gasteiger partial charge in [0.2, 0.25) is 0 Å². The minimum absolute atomic E-state index is 0.282. The fraction of sp³-hybridized carbons (Fsp3) is 0.778. The third-order valence-electron chi connectivity index (χ3n) is 1.39. The Morgan fingerprint density at radius 2 is 2.20 bits per heavy atom. The van der Waals surface area contributed by atoms with Crippen molar-refractivity contribution in [2.45, 2.75) is 39.5 Å². The molecular weight excluding hydrogens is 124 g/mol. The monoisotopic (exact) mass is 141 g/mol. The van der Waals surface area contributed by atoms with E-state index < -0.39 is 0 Å². The van der Waals surface area contributed by atoms with Crippen molar-refractivity contribution in [1.82, 2.24) is 0 Å². The Balaban J connectivity index is 3.26. The van der Waals surface area contributed by atoms with Crippen LogP contribution in [0.15, 0.2) is 0 Å². The van der Waals surface area contributed by atoms with Crippen molar-refractivity contribution in [3.8, 4) is 0 Å². The highest BCUT2D eigenvalue weighted by molar-refractivity contribution is 5.78. The molecule has 0 aromatic heterocycles. The maximum atomic E-state index is 11.0. The Morgan fingerprint density at radius 1 is 1.60 bits per heavy atom. The van der Waals surface area contributed by atoms with E-state index in [1.807, 2.05) is 6.92 Å². The Morgan fingerprint density at radius 3 is 2.60 bits per heavy atom. The van der Waals surface area contributed by atoms with Gasteiger partial charge in [0, 0.05) is 12.8 Å². The van der Waals surface area contributed by atoms with Crippen LogP contribution in [0, 0.1) is 12.8 Å². The van der Waals surface area contributed by atoms with E-state index in [2.05, 4.69) is 13.8 Å². The van der Waals surface area contributed by atoms with Crippen LogP contribution < -0.4 is 0 Å². The van der Waals surface area contributed by atoms with Crippen LogP contribution in [0.5, 0.6) is 0 Å². The van der Waals surface area contributed by atoms with E-state index in [0.29, 0.717) is 12.2 Å². The van der Waals surface area contributed by atoms with E-state index in [9.17, 15) is 4.79 Å². The standard InChI is InChI=1S/C9H17O/c1-4-5-6-9(10)7-8(2)3/h8H,2,4-7H2,1,3H3. The summed E-state index contributed by atoms with van der Waals surface area (Å²) in [6.45, 7) is 7.84. The molecule has 1 nitrogen and oxygen atoms in total. The second-order valence-corrected chi connectivity index (χ2v) is 2.95. The highest BCUT2D eigenvalue weighted by atomic mass is 16.1. The van der Waals surface area contributed by atoms with Crippen LogP contribution >= 0.6 is 0 Å². The van der Waals surface area contributed by atoms with Crippen LogP contribution in [0.1, 0.15) is 39.5 Å². The summed E-state index contributed by atoms with van der Waals surface area (Å²) in [5.41, 5.74) is 0. The van der Waals surface area contributed by atoms with Crippen molar-refractivity contribution in [3.63, 3.8) is 0 Å². The van der Waals surface area contributed by atoms with E-state index >= 15 is 0 Å². The third-order valence-corrected chi connectivity index (χ3v) is 1.39. The van der Waals surface area contributed by atoms with Crippen molar-refractivity contribution < 1.29 is 4.79 Å². The third kappa shape index (κ3) is 5.80. The summed E-state index contributed by atoms with van der Waals surface area (Å²) in [6.07, 6.45) is 3.54. The zero-order valence-corrected chi connectivity index (χ0v) is 7.02. The van der Waals surface area contributed by atoms with Crippen molar-refractivity contribution in [1.29, 1.82) is 0 Å². The summed E-state index contributed by atoms with van der Waals surface area (Å²) >= 11 is 0.